The maximum atomic E-state index is 11.8. The van der Waals surface area contributed by atoms with E-state index in [-0.39, 0.29) is 17.6 Å². The van der Waals surface area contributed by atoms with Crippen LogP contribution in [0.15, 0.2) is 40.8 Å². The normalized spacial score (nSPS) is 10.1. The highest BCUT2D eigenvalue weighted by Crippen LogP contribution is 2.08. The number of amides is 1. The molecular weight excluding hydrogens is 258 g/mol. The van der Waals surface area contributed by atoms with E-state index in [4.69, 9.17) is 4.42 Å². The van der Waals surface area contributed by atoms with Gasteiger partial charge in [-0.3, -0.25) is 4.79 Å². The van der Waals surface area contributed by atoms with E-state index in [0.29, 0.717) is 17.9 Å². The Morgan fingerprint density at radius 3 is 2.40 bits per heavy atom. The molecule has 0 saturated heterocycles. The molecule has 1 aromatic carbocycles. The number of aryl methyl sites for hydroxylation is 1. The molecule has 1 N–H and O–H groups in total. The van der Waals surface area contributed by atoms with E-state index in [9.17, 15) is 9.59 Å². The third-order valence-corrected chi connectivity index (χ3v) is 2.79. The van der Waals surface area contributed by atoms with Gasteiger partial charge in [-0.1, -0.05) is 12.1 Å². The van der Waals surface area contributed by atoms with Crippen molar-refractivity contribution in [2.75, 3.05) is 7.11 Å². The molecule has 0 spiro atoms. The monoisotopic (exact) mass is 273 g/mol. The maximum absolute atomic E-state index is 11.8. The molecule has 0 saturated carbocycles. The molecule has 0 atom stereocenters. The molecular formula is C15H15NO4. The van der Waals surface area contributed by atoms with Crippen molar-refractivity contribution in [3.8, 4) is 0 Å². The van der Waals surface area contributed by atoms with Crippen molar-refractivity contribution < 1.29 is 18.7 Å². The van der Waals surface area contributed by atoms with E-state index in [1.165, 1.54) is 7.11 Å². The van der Waals surface area contributed by atoms with Crippen LogP contribution in [0, 0.1) is 6.92 Å². The Kier molecular flexibility index (Phi) is 4.20. The molecule has 0 aliphatic carbocycles. The van der Waals surface area contributed by atoms with E-state index in [1.54, 1.807) is 43.3 Å². The van der Waals surface area contributed by atoms with Crippen LogP contribution in [-0.2, 0) is 11.3 Å². The Bertz CT molecular complexity index is 613. The first-order valence-corrected chi connectivity index (χ1v) is 6.12. The lowest BCUT2D eigenvalue weighted by atomic mass is 10.1. The molecule has 0 aliphatic heterocycles. The molecule has 2 rings (SSSR count). The van der Waals surface area contributed by atoms with Gasteiger partial charge in [0.15, 0.2) is 5.76 Å². The number of hydrogen-bond acceptors (Lipinski definition) is 4. The zero-order valence-electron chi connectivity index (χ0n) is 11.3. The largest absolute Gasteiger partial charge is 0.465 e. The predicted octanol–water partition coefficient (Wildman–Crippen LogP) is 2.30. The molecule has 1 aromatic heterocycles. The number of carbonyl (C=O) groups excluding carboxylic acids is 2. The van der Waals surface area contributed by atoms with Crippen LogP contribution in [0.4, 0.5) is 0 Å². The van der Waals surface area contributed by atoms with Crippen LogP contribution in [0.3, 0.4) is 0 Å². The van der Waals surface area contributed by atoms with Crippen molar-refractivity contribution in [1.82, 2.24) is 5.32 Å². The van der Waals surface area contributed by atoms with Crippen LogP contribution in [0.25, 0.3) is 0 Å². The molecule has 5 heteroatoms. The topological polar surface area (TPSA) is 68.5 Å². The zero-order valence-corrected chi connectivity index (χ0v) is 11.3. The van der Waals surface area contributed by atoms with Gasteiger partial charge in [-0.2, -0.15) is 0 Å². The first-order valence-electron chi connectivity index (χ1n) is 6.12. The van der Waals surface area contributed by atoms with Crippen LogP contribution >= 0.6 is 0 Å². The second-order valence-corrected chi connectivity index (χ2v) is 4.28. The fraction of sp³-hybridized carbons (Fsp3) is 0.200. The summed E-state index contributed by atoms with van der Waals surface area (Å²) in [4.78, 5) is 23.0. The van der Waals surface area contributed by atoms with Crippen molar-refractivity contribution in [3.63, 3.8) is 0 Å². The minimum Gasteiger partial charge on any atom is -0.465 e. The van der Waals surface area contributed by atoms with Gasteiger partial charge >= 0.3 is 5.97 Å². The Balaban J connectivity index is 1.94. The van der Waals surface area contributed by atoms with Crippen LogP contribution < -0.4 is 5.32 Å². The molecule has 2 aromatic rings. The van der Waals surface area contributed by atoms with Gasteiger partial charge in [0.05, 0.1) is 12.7 Å². The molecule has 0 aliphatic rings. The quantitative estimate of drug-likeness (QED) is 0.868. The first-order chi connectivity index (χ1) is 9.60. The summed E-state index contributed by atoms with van der Waals surface area (Å²) in [6.07, 6.45) is 0. The fourth-order valence-electron chi connectivity index (χ4n) is 1.70. The highest BCUT2D eigenvalue weighted by Gasteiger charge is 2.09. The number of carbonyl (C=O) groups is 2. The molecule has 5 nitrogen and oxygen atoms in total. The predicted molar refractivity (Wildman–Crippen MR) is 72.4 cm³/mol. The summed E-state index contributed by atoms with van der Waals surface area (Å²) in [6.45, 7) is 2.14. The van der Waals surface area contributed by atoms with E-state index in [1.807, 2.05) is 0 Å². The highest BCUT2D eigenvalue weighted by molar-refractivity contribution is 5.91. The van der Waals surface area contributed by atoms with Crippen molar-refractivity contribution in [3.05, 3.63) is 59.0 Å². The Hall–Kier alpha value is -2.56. The van der Waals surface area contributed by atoms with Gasteiger partial charge in [0.2, 0.25) is 0 Å². The third-order valence-electron chi connectivity index (χ3n) is 2.79. The smallest absolute Gasteiger partial charge is 0.337 e. The molecule has 1 heterocycles. The number of ether oxygens (including phenoxy) is 1. The maximum Gasteiger partial charge on any atom is 0.337 e. The lowest BCUT2D eigenvalue weighted by Crippen LogP contribution is -2.22. The summed E-state index contributed by atoms with van der Waals surface area (Å²) in [5, 5.41) is 2.74. The molecule has 0 fully saturated rings. The number of benzene rings is 1. The lowest BCUT2D eigenvalue weighted by Gasteiger charge is -2.04. The number of furan rings is 1. The summed E-state index contributed by atoms with van der Waals surface area (Å²) < 4.78 is 9.84. The van der Waals surface area contributed by atoms with Crippen LogP contribution in [0.5, 0.6) is 0 Å². The van der Waals surface area contributed by atoms with Gasteiger partial charge in [-0.05, 0) is 36.8 Å². The number of methoxy groups -OCH3 is 1. The Labute approximate surface area is 116 Å². The van der Waals surface area contributed by atoms with Crippen LogP contribution in [-0.4, -0.2) is 19.0 Å². The van der Waals surface area contributed by atoms with E-state index < -0.39 is 0 Å². The van der Waals surface area contributed by atoms with Crippen molar-refractivity contribution in [1.29, 1.82) is 0 Å². The summed E-state index contributed by atoms with van der Waals surface area (Å²) >= 11 is 0. The SMILES string of the molecule is COC(=O)c1ccc(CNC(=O)c2ccc(C)o2)cc1. The minimum atomic E-state index is -0.383. The molecule has 0 radical (unpaired) electrons. The molecule has 104 valence electrons. The summed E-state index contributed by atoms with van der Waals surface area (Å²) in [6, 6.07) is 10.2. The summed E-state index contributed by atoms with van der Waals surface area (Å²) in [5.41, 5.74) is 1.36. The van der Waals surface area contributed by atoms with E-state index >= 15 is 0 Å². The van der Waals surface area contributed by atoms with Crippen molar-refractivity contribution in [2.24, 2.45) is 0 Å². The molecule has 20 heavy (non-hydrogen) atoms. The second-order valence-electron chi connectivity index (χ2n) is 4.28. The molecule has 0 unspecified atom stereocenters. The Morgan fingerprint density at radius 1 is 1.15 bits per heavy atom. The number of rotatable bonds is 4. The van der Waals surface area contributed by atoms with Crippen LogP contribution in [0.1, 0.15) is 32.2 Å². The van der Waals surface area contributed by atoms with Gasteiger partial charge in [-0.25, -0.2) is 4.79 Å². The fourth-order valence-corrected chi connectivity index (χ4v) is 1.70. The lowest BCUT2D eigenvalue weighted by molar-refractivity contribution is 0.0600. The van der Waals surface area contributed by atoms with E-state index in [2.05, 4.69) is 10.1 Å². The highest BCUT2D eigenvalue weighted by atomic mass is 16.5. The average Bonchev–Trinajstić information content (AvgIpc) is 2.91. The zero-order chi connectivity index (χ0) is 14.5. The van der Waals surface area contributed by atoms with Gasteiger partial charge in [0.1, 0.15) is 5.76 Å². The molecule has 0 bridgehead atoms. The Morgan fingerprint density at radius 2 is 1.85 bits per heavy atom. The first kappa shape index (κ1) is 13.9. The van der Waals surface area contributed by atoms with Crippen molar-refractivity contribution >= 4 is 11.9 Å². The standard InChI is InChI=1S/C15H15NO4/c1-10-3-8-13(20-10)14(17)16-9-11-4-6-12(7-5-11)15(18)19-2/h3-8H,9H2,1-2H3,(H,16,17). The summed E-state index contributed by atoms with van der Waals surface area (Å²) in [7, 11) is 1.34. The number of nitrogens with one attached hydrogen (secondary N) is 1. The van der Waals surface area contributed by atoms with Crippen LogP contribution in [0.2, 0.25) is 0 Å². The average molecular weight is 273 g/mol. The van der Waals surface area contributed by atoms with E-state index in [0.717, 1.165) is 5.56 Å². The molecule has 1 amide bonds. The minimum absolute atomic E-state index is 0.268. The van der Waals surface area contributed by atoms with Crippen molar-refractivity contribution in [2.45, 2.75) is 13.5 Å². The van der Waals surface area contributed by atoms with Gasteiger partial charge < -0.3 is 14.5 Å². The summed E-state index contributed by atoms with van der Waals surface area (Å²) in [5.74, 6) is 0.327. The van der Waals surface area contributed by atoms with Gasteiger partial charge in [0.25, 0.3) is 5.91 Å². The van der Waals surface area contributed by atoms with Gasteiger partial charge in [0, 0.05) is 6.54 Å². The number of esters is 1. The number of hydrogen-bond donors (Lipinski definition) is 1. The third kappa shape index (κ3) is 3.26. The second kappa shape index (κ2) is 6.06. The van der Waals surface area contributed by atoms with Gasteiger partial charge in [-0.15, -0.1) is 0 Å².